The molecule has 1 aliphatic heterocycles. The number of rotatable bonds is 14. The highest BCUT2D eigenvalue weighted by Crippen LogP contribution is 2.43. The number of nitrogens with zero attached hydrogens (tertiary/aromatic N) is 2. The summed E-state index contributed by atoms with van der Waals surface area (Å²) in [6.45, 7) is 2.23. The lowest BCUT2D eigenvalue weighted by Gasteiger charge is -2.37. The number of furan rings is 1. The first-order chi connectivity index (χ1) is 25.4. The molecule has 1 fully saturated rings. The summed E-state index contributed by atoms with van der Waals surface area (Å²) in [5.41, 5.74) is 3.47. The van der Waals surface area contributed by atoms with Crippen LogP contribution in [0.2, 0.25) is 0 Å². The van der Waals surface area contributed by atoms with Gasteiger partial charge in [0.1, 0.15) is 35.2 Å². The van der Waals surface area contributed by atoms with Crippen LogP contribution in [-0.2, 0) is 21.5 Å². The molecule has 7 rings (SSSR count). The summed E-state index contributed by atoms with van der Waals surface area (Å²) in [5, 5.41) is 12.0. The highest BCUT2D eigenvalue weighted by atomic mass is 16.6. The molecule has 4 aromatic carbocycles. The first kappa shape index (κ1) is 35.2. The molecule has 9 nitrogen and oxygen atoms in total. The van der Waals surface area contributed by atoms with Crippen LogP contribution in [0.25, 0.3) is 22.4 Å². The third-order valence-corrected chi connectivity index (χ3v) is 9.90. The van der Waals surface area contributed by atoms with Gasteiger partial charge in [0.2, 0.25) is 5.71 Å². The maximum atomic E-state index is 13.3. The van der Waals surface area contributed by atoms with Gasteiger partial charge in [-0.25, -0.2) is 4.79 Å². The average molecular weight is 701 g/mol. The Morgan fingerprint density at radius 3 is 2.10 bits per heavy atom. The molecular formula is C43H44N2O7. The monoisotopic (exact) mass is 700 g/mol. The maximum absolute atomic E-state index is 13.3. The topological polar surface area (TPSA) is 105 Å². The van der Waals surface area contributed by atoms with Crippen molar-refractivity contribution < 1.29 is 28.5 Å². The van der Waals surface area contributed by atoms with Crippen molar-refractivity contribution in [1.82, 2.24) is 9.55 Å². The van der Waals surface area contributed by atoms with Crippen molar-refractivity contribution in [3.05, 3.63) is 148 Å². The van der Waals surface area contributed by atoms with Gasteiger partial charge in [-0.15, -0.1) is 0 Å². The number of ether oxygens (including phenoxy) is 4. The van der Waals surface area contributed by atoms with Crippen LogP contribution >= 0.6 is 0 Å². The number of aryl methyl sites for hydroxylation is 1. The molecule has 1 aliphatic rings. The van der Waals surface area contributed by atoms with Gasteiger partial charge in [0.25, 0.3) is 0 Å². The number of methoxy groups -OCH3 is 2. The van der Waals surface area contributed by atoms with Gasteiger partial charge in [0, 0.05) is 18.2 Å². The molecule has 0 spiro atoms. The van der Waals surface area contributed by atoms with Crippen molar-refractivity contribution in [3.8, 4) is 22.8 Å². The zero-order chi connectivity index (χ0) is 36.1. The largest absolute Gasteiger partial charge is 0.497 e. The van der Waals surface area contributed by atoms with Crippen molar-refractivity contribution in [2.75, 3.05) is 20.8 Å². The van der Waals surface area contributed by atoms with E-state index in [9.17, 15) is 9.90 Å². The number of hydrogen-bond donors (Lipinski definition) is 1. The summed E-state index contributed by atoms with van der Waals surface area (Å²) in [4.78, 5) is 17.5. The highest BCUT2D eigenvalue weighted by molar-refractivity contribution is 5.79. The Kier molecular flexibility index (Phi) is 10.5. The number of unbranched alkanes of at least 4 members (excludes halogenated alkanes) is 2. The Morgan fingerprint density at radius 1 is 0.846 bits per heavy atom. The molecular weight excluding hydrogens is 656 g/mol. The smallest absolute Gasteiger partial charge is 0.353 e. The van der Waals surface area contributed by atoms with Gasteiger partial charge in [-0.3, -0.25) is 4.57 Å². The van der Waals surface area contributed by atoms with E-state index in [1.165, 1.54) is 29.4 Å². The van der Waals surface area contributed by atoms with E-state index in [4.69, 9.17) is 23.4 Å². The number of aliphatic hydroxyl groups is 1. The molecule has 6 aromatic rings. The zero-order valence-electron chi connectivity index (χ0n) is 29.7. The van der Waals surface area contributed by atoms with Crippen molar-refractivity contribution in [2.24, 2.45) is 0 Å². The van der Waals surface area contributed by atoms with E-state index in [0.717, 1.165) is 28.7 Å². The lowest BCUT2D eigenvalue weighted by molar-refractivity contribution is -0.0943. The maximum Gasteiger partial charge on any atom is 0.353 e. The molecule has 1 saturated heterocycles. The van der Waals surface area contributed by atoms with Crippen LogP contribution in [0.3, 0.4) is 0 Å². The average Bonchev–Trinajstić information content (AvgIpc) is 3.78. The first-order valence-corrected chi connectivity index (χ1v) is 17.9. The van der Waals surface area contributed by atoms with E-state index < -0.39 is 29.7 Å². The molecule has 3 heterocycles. The van der Waals surface area contributed by atoms with E-state index in [0.29, 0.717) is 22.6 Å². The molecule has 1 N–H and O–H groups in total. The van der Waals surface area contributed by atoms with Crippen LogP contribution in [0, 0.1) is 0 Å². The van der Waals surface area contributed by atoms with Crippen LogP contribution in [0.1, 0.15) is 61.1 Å². The van der Waals surface area contributed by atoms with Gasteiger partial charge in [-0.1, -0.05) is 98.6 Å². The molecule has 9 heteroatoms. The Labute approximate surface area is 303 Å². The first-order valence-electron chi connectivity index (χ1n) is 17.9. The van der Waals surface area contributed by atoms with Crippen molar-refractivity contribution in [3.63, 3.8) is 0 Å². The molecule has 0 aliphatic carbocycles. The van der Waals surface area contributed by atoms with Crippen molar-refractivity contribution in [1.29, 1.82) is 0 Å². The van der Waals surface area contributed by atoms with E-state index in [1.807, 2.05) is 97.1 Å². The minimum atomic E-state index is -1.08. The predicted octanol–water partition coefficient (Wildman–Crippen LogP) is 8.06. The van der Waals surface area contributed by atoms with Crippen LogP contribution in [0.5, 0.6) is 11.5 Å². The summed E-state index contributed by atoms with van der Waals surface area (Å²) in [5.74, 6) is 2.07. The summed E-state index contributed by atoms with van der Waals surface area (Å²) in [6.07, 6.45) is 4.12. The SMILES string of the molecule is CCCCCc1ccc(-c2cc3cn([C@H]4C[C@H](O)[C@@H](COC(c5ccccc5)(c5ccc(OC)cc5)c5ccc(OC)cc5)O4)c(=O)nc3o2)cc1. The Hall–Kier alpha value is -5.22. The van der Waals surface area contributed by atoms with Gasteiger partial charge < -0.3 is 28.5 Å². The quantitative estimate of drug-likeness (QED) is 0.0899. The van der Waals surface area contributed by atoms with E-state index >= 15 is 0 Å². The van der Waals surface area contributed by atoms with E-state index in [2.05, 4.69) is 24.0 Å². The second-order valence-corrected chi connectivity index (χ2v) is 13.2. The summed E-state index contributed by atoms with van der Waals surface area (Å²) >= 11 is 0. The molecule has 0 amide bonds. The predicted molar refractivity (Wildman–Crippen MR) is 200 cm³/mol. The van der Waals surface area contributed by atoms with Gasteiger partial charge in [0.05, 0.1) is 32.3 Å². The van der Waals surface area contributed by atoms with Crippen LogP contribution in [0.4, 0.5) is 0 Å². The standard InChI is InChI=1S/C43H44N2O7/c1-4-5-7-10-29-13-15-30(16-14-29)38-25-31-27-45(42(47)44-41(31)52-38)40-26-37(46)39(51-40)28-50-43(32-11-8-6-9-12-32,33-17-21-35(48-2)22-18-33)34-19-23-36(49-3)24-20-34/h6,8-9,11-25,27,37,39-40,46H,4-5,7,10,26,28H2,1-3H3/t37-,39+,40+/m0/s1. The fourth-order valence-corrected chi connectivity index (χ4v) is 7.01. The van der Waals surface area contributed by atoms with E-state index in [1.54, 1.807) is 20.4 Å². The summed E-state index contributed by atoms with van der Waals surface area (Å²) < 4.78 is 31.7. The fourth-order valence-electron chi connectivity index (χ4n) is 7.01. The van der Waals surface area contributed by atoms with Crippen molar-refractivity contribution in [2.45, 2.75) is 63.1 Å². The van der Waals surface area contributed by atoms with E-state index in [-0.39, 0.29) is 18.7 Å². The number of fused-ring (bicyclic) bond motifs is 1. The fraction of sp³-hybridized carbons (Fsp3) is 0.302. The normalized spacial score (nSPS) is 17.4. The molecule has 268 valence electrons. The lowest BCUT2D eigenvalue weighted by Crippen LogP contribution is -2.38. The molecule has 0 radical (unpaired) electrons. The second kappa shape index (κ2) is 15.6. The Balaban J connectivity index is 1.15. The zero-order valence-corrected chi connectivity index (χ0v) is 29.7. The number of aromatic nitrogens is 2. The van der Waals surface area contributed by atoms with Crippen LogP contribution in [-0.4, -0.2) is 47.7 Å². The van der Waals surface area contributed by atoms with Gasteiger partial charge >= 0.3 is 5.69 Å². The highest BCUT2D eigenvalue weighted by Gasteiger charge is 2.42. The van der Waals surface area contributed by atoms with Gasteiger partial charge in [-0.2, -0.15) is 4.98 Å². The van der Waals surface area contributed by atoms with Crippen LogP contribution < -0.4 is 15.2 Å². The third-order valence-electron chi connectivity index (χ3n) is 9.90. The Bertz CT molecular complexity index is 2080. The number of aliphatic hydroxyl groups excluding tert-OH is 1. The van der Waals surface area contributed by atoms with Crippen LogP contribution in [0.15, 0.2) is 125 Å². The number of hydrogen-bond acceptors (Lipinski definition) is 8. The molecule has 52 heavy (non-hydrogen) atoms. The summed E-state index contributed by atoms with van der Waals surface area (Å²) in [7, 11) is 3.26. The lowest BCUT2D eigenvalue weighted by atomic mass is 9.80. The molecule has 3 atom stereocenters. The summed E-state index contributed by atoms with van der Waals surface area (Å²) in [6, 6.07) is 35.7. The Morgan fingerprint density at radius 2 is 1.48 bits per heavy atom. The molecule has 2 aromatic heterocycles. The minimum Gasteiger partial charge on any atom is -0.497 e. The minimum absolute atomic E-state index is 0.0271. The third kappa shape index (κ3) is 7.12. The molecule has 0 unspecified atom stereocenters. The van der Waals surface area contributed by atoms with Gasteiger partial charge in [0.15, 0.2) is 0 Å². The number of benzene rings is 4. The van der Waals surface area contributed by atoms with Gasteiger partial charge in [-0.05, 0) is 65.4 Å². The van der Waals surface area contributed by atoms with Crippen molar-refractivity contribution >= 4 is 11.1 Å². The molecule has 0 saturated carbocycles. The second-order valence-electron chi connectivity index (χ2n) is 13.2. The molecule has 0 bridgehead atoms.